The fraction of sp³-hybridized carbons (Fsp3) is 0.148. The number of fused-ring (bicyclic) bond motifs is 4. The fourth-order valence-electron chi connectivity index (χ4n) is 4.35. The van der Waals surface area contributed by atoms with Crippen LogP contribution in [-0.2, 0) is 4.74 Å². The summed E-state index contributed by atoms with van der Waals surface area (Å²) in [6.45, 7) is 0.768. The van der Waals surface area contributed by atoms with E-state index in [0.29, 0.717) is 30.8 Å². The van der Waals surface area contributed by atoms with Gasteiger partial charge >= 0.3 is 6.09 Å². The molecule has 0 saturated heterocycles. The maximum atomic E-state index is 12.2. The number of hydrogen-bond acceptors (Lipinski definition) is 4. The van der Waals surface area contributed by atoms with Crippen LogP contribution in [0.2, 0.25) is 0 Å². The Balaban J connectivity index is 1.13. The second-order valence-corrected chi connectivity index (χ2v) is 7.97. The van der Waals surface area contributed by atoms with Gasteiger partial charge in [-0.05, 0) is 40.3 Å². The van der Waals surface area contributed by atoms with E-state index < -0.39 is 6.09 Å². The molecule has 0 aliphatic heterocycles. The minimum absolute atomic E-state index is 0.0511. The summed E-state index contributed by atoms with van der Waals surface area (Å²) in [7, 11) is 0. The molecular formula is C27H23N3O3. The molecule has 33 heavy (non-hydrogen) atoms. The molecule has 4 aromatic rings. The summed E-state index contributed by atoms with van der Waals surface area (Å²) in [5.74, 6) is 0.0511. The van der Waals surface area contributed by atoms with Crippen LogP contribution < -0.4 is 5.32 Å². The third kappa shape index (κ3) is 4.15. The van der Waals surface area contributed by atoms with Gasteiger partial charge in [0.25, 0.3) is 0 Å². The third-order valence-corrected chi connectivity index (χ3v) is 5.95. The van der Waals surface area contributed by atoms with Crippen molar-refractivity contribution in [3.8, 4) is 11.1 Å². The monoisotopic (exact) mass is 437 g/mol. The lowest BCUT2D eigenvalue weighted by atomic mass is 9.98. The Bertz CT molecular complexity index is 1310. The zero-order valence-corrected chi connectivity index (χ0v) is 18.0. The molecule has 0 unspecified atom stereocenters. The van der Waals surface area contributed by atoms with E-state index in [-0.39, 0.29) is 5.92 Å². The van der Waals surface area contributed by atoms with Crippen molar-refractivity contribution in [2.24, 2.45) is 0 Å². The van der Waals surface area contributed by atoms with Crippen molar-refractivity contribution in [1.82, 2.24) is 15.3 Å². The zero-order valence-electron chi connectivity index (χ0n) is 18.0. The van der Waals surface area contributed by atoms with Crippen LogP contribution >= 0.6 is 0 Å². The van der Waals surface area contributed by atoms with Gasteiger partial charge in [-0.25, -0.2) is 9.78 Å². The second-order valence-electron chi connectivity index (χ2n) is 7.97. The molecule has 1 amide bonds. The van der Waals surface area contributed by atoms with E-state index >= 15 is 0 Å². The molecule has 2 aromatic heterocycles. The number of benzene rings is 2. The molecular weight excluding hydrogens is 414 g/mol. The van der Waals surface area contributed by atoms with Crippen LogP contribution in [0.5, 0.6) is 0 Å². The van der Waals surface area contributed by atoms with Crippen LogP contribution in [0.3, 0.4) is 0 Å². The molecule has 0 radical (unpaired) electrons. The summed E-state index contributed by atoms with van der Waals surface area (Å²) in [6, 6.07) is 18.5. The van der Waals surface area contributed by atoms with Gasteiger partial charge in [-0.3, -0.25) is 4.79 Å². The molecule has 6 heteroatoms. The molecule has 0 bridgehead atoms. The minimum atomic E-state index is -0.420. The van der Waals surface area contributed by atoms with Gasteiger partial charge in [0.15, 0.2) is 6.29 Å². The van der Waals surface area contributed by atoms with Crippen molar-refractivity contribution in [3.05, 3.63) is 95.3 Å². The van der Waals surface area contributed by atoms with Gasteiger partial charge in [0.05, 0.1) is 0 Å². The van der Waals surface area contributed by atoms with E-state index in [9.17, 15) is 9.59 Å². The number of alkyl carbamates (subject to hydrolysis) is 1. The first-order chi connectivity index (χ1) is 16.2. The van der Waals surface area contributed by atoms with E-state index in [2.05, 4.69) is 39.6 Å². The summed E-state index contributed by atoms with van der Waals surface area (Å²) in [5.41, 5.74) is 6.97. The number of pyridine rings is 1. The molecule has 5 rings (SSSR count). The fourth-order valence-corrected chi connectivity index (χ4v) is 4.35. The Kier molecular flexibility index (Phi) is 5.72. The number of hydrogen-bond donors (Lipinski definition) is 2. The number of nitrogens with zero attached hydrogens (tertiary/aromatic N) is 1. The first-order valence-corrected chi connectivity index (χ1v) is 10.9. The topological polar surface area (TPSA) is 84.1 Å². The number of aromatic nitrogens is 2. The number of ether oxygens (including phenoxy) is 1. The SMILES string of the molecule is O=Cc1c[nH]c2ncc(C=CCCNC(=O)OCC3c4ccccc4-c4ccccc43)cc12. The van der Waals surface area contributed by atoms with E-state index in [4.69, 9.17) is 4.74 Å². The predicted molar refractivity (Wildman–Crippen MR) is 128 cm³/mol. The number of nitrogens with one attached hydrogen (secondary N) is 2. The number of aldehydes is 1. The number of carbonyl (C=O) groups excluding carboxylic acids is 2. The number of carbonyl (C=O) groups is 2. The van der Waals surface area contributed by atoms with Gasteiger partial charge in [0.2, 0.25) is 0 Å². The lowest BCUT2D eigenvalue weighted by molar-refractivity contribution is 0.112. The number of aromatic amines is 1. The Morgan fingerprint density at radius 2 is 1.82 bits per heavy atom. The first kappa shape index (κ1) is 20.7. The van der Waals surface area contributed by atoms with Gasteiger partial charge < -0.3 is 15.0 Å². The highest BCUT2D eigenvalue weighted by atomic mass is 16.5. The van der Waals surface area contributed by atoms with E-state index in [1.807, 2.05) is 42.5 Å². The van der Waals surface area contributed by atoms with Crippen LogP contribution in [0.1, 0.15) is 39.4 Å². The lowest BCUT2D eigenvalue weighted by Crippen LogP contribution is -2.26. The summed E-state index contributed by atoms with van der Waals surface area (Å²) in [6.07, 6.45) is 8.31. The normalized spacial score (nSPS) is 12.6. The van der Waals surface area contributed by atoms with E-state index in [1.165, 1.54) is 22.3 Å². The summed E-state index contributed by atoms with van der Waals surface area (Å²) in [4.78, 5) is 30.6. The van der Waals surface area contributed by atoms with Gasteiger partial charge in [-0.1, -0.05) is 60.7 Å². The minimum Gasteiger partial charge on any atom is -0.449 e. The molecule has 1 aliphatic rings. The molecule has 0 saturated carbocycles. The largest absolute Gasteiger partial charge is 0.449 e. The van der Waals surface area contributed by atoms with Crippen LogP contribution in [0.15, 0.2) is 73.1 Å². The van der Waals surface area contributed by atoms with Crippen LogP contribution in [0, 0.1) is 0 Å². The summed E-state index contributed by atoms with van der Waals surface area (Å²) >= 11 is 0. The van der Waals surface area contributed by atoms with Crippen molar-refractivity contribution < 1.29 is 14.3 Å². The van der Waals surface area contributed by atoms with Gasteiger partial charge in [-0.2, -0.15) is 0 Å². The Hall–Kier alpha value is -4.19. The molecule has 2 N–H and O–H groups in total. The van der Waals surface area contributed by atoms with Crippen LogP contribution in [0.4, 0.5) is 4.79 Å². The van der Waals surface area contributed by atoms with E-state index in [1.54, 1.807) is 12.4 Å². The van der Waals surface area contributed by atoms with Gasteiger partial charge in [-0.15, -0.1) is 0 Å². The lowest BCUT2D eigenvalue weighted by Gasteiger charge is -2.14. The second kappa shape index (κ2) is 9.12. The molecule has 0 fully saturated rings. The summed E-state index contributed by atoms with van der Waals surface area (Å²) < 4.78 is 5.55. The third-order valence-electron chi connectivity index (χ3n) is 5.95. The van der Waals surface area contributed by atoms with Gasteiger partial charge in [0, 0.05) is 35.8 Å². The maximum absolute atomic E-state index is 12.2. The number of amides is 1. The highest BCUT2D eigenvalue weighted by Gasteiger charge is 2.28. The van der Waals surface area contributed by atoms with Crippen LogP contribution in [0.25, 0.3) is 28.2 Å². The average Bonchev–Trinajstić information content (AvgIpc) is 3.41. The van der Waals surface area contributed by atoms with Crippen molar-refractivity contribution in [2.45, 2.75) is 12.3 Å². The Morgan fingerprint density at radius 3 is 2.55 bits per heavy atom. The van der Waals surface area contributed by atoms with Crippen molar-refractivity contribution in [2.75, 3.05) is 13.2 Å². The Labute approximate surface area is 191 Å². The predicted octanol–water partition coefficient (Wildman–Crippen LogP) is 5.32. The smallest absolute Gasteiger partial charge is 0.407 e. The number of H-pyrrole nitrogens is 1. The number of rotatable bonds is 7. The standard InChI is InChI=1S/C27H23N3O3/c31-16-19-15-30-26-24(19)13-18(14-29-26)7-5-6-12-28-27(32)33-17-25-22-10-3-1-8-20(22)21-9-2-4-11-23(21)25/h1-5,7-11,13-16,25H,6,12,17H2,(H,28,32)(H,29,30). The summed E-state index contributed by atoms with van der Waals surface area (Å²) in [5, 5.41) is 3.60. The zero-order chi connectivity index (χ0) is 22.6. The molecule has 164 valence electrons. The van der Waals surface area contributed by atoms with Crippen molar-refractivity contribution in [3.63, 3.8) is 0 Å². The first-order valence-electron chi connectivity index (χ1n) is 10.9. The Morgan fingerprint density at radius 1 is 1.09 bits per heavy atom. The molecule has 2 heterocycles. The maximum Gasteiger partial charge on any atom is 0.407 e. The van der Waals surface area contributed by atoms with Crippen molar-refractivity contribution >= 4 is 29.5 Å². The average molecular weight is 437 g/mol. The van der Waals surface area contributed by atoms with Crippen molar-refractivity contribution in [1.29, 1.82) is 0 Å². The molecule has 0 atom stereocenters. The van der Waals surface area contributed by atoms with Crippen LogP contribution in [-0.4, -0.2) is 35.5 Å². The molecule has 1 aliphatic carbocycles. The van der Waals surface area contributed by atoms with Gasteiger partial charge in [0.1, 0.15) is 12.3 Å². The quantitative estimate of drug-likeness (QED) is 0.303. The molecule has 2 aromatic carbocycles. The highest BCUT2D eigenvalue weighted by molar-refractivity contribution is 5.96. The highest BCUT2D eigenvalue weighted by Crippen LogP contribution is 2.44. The molecule has 6 nitrogen and oxygen atoms in total. The van der Waals surface area contributed by atoms with E-state index in [0.717, 1.165) is 17.2 Å². The molecule has 0 spiro atoms.